The highest BCUT2D eigenvalue weighted by Crippen LogP contribution is 2.25. The maximum Gasteiger partial charge on any atom is 0.329 e. The molecule has 0 aromatic heterocycles. The van der Waals surface area contributed by atoms with Crippen molar-refractivity contribution in [2.24, 2.45) is 0 Å². The molecule has 0 bridgehead atoms. The largest absolute Gasteiger partial charge is 0.335 e. The number of hydrogen-bond donors (Lipinski definition) is 1. The van der Waals surface area contributed by atoms with Crippen molar-refractivity contribution in [2.45, 2.75) is 25.3 Å². The van der Waals surface area contributed by atoms with Crippen LogP contribution in [0.2, 0.25) is 0 Å². The first-order chi connectivity index (χ1) is 13.1. The number of carbonyl (C=O) groups is 3. The Labute approximate surface area is 157 Å². The van der Waals surface area contributed by atoms with Crippen molar-refractivity contribution >= 4 is 23.5 Å². The Bertz CT molecular complexity index is 881. The number of nitrogens with zero attached hydrogens (tertiary/aromatic N) is 2. The van der Waals surface area contributed by atoms with Crippen molar-refractivity contribution in [3.63, 3.8) is 0 Å². The molecule has 2 aliphatic heterocycles. The van der Waals surface area contributed by atoms with E-state index < -0.39 is 6.03 Å². The minimum absolute atomic E-state index is 0.0170. The molecule has 0 spiro atoms. The first-order valence-corrected chi connectivity index (χ1v) is 9.18. The molecule has 4 rings (SSSR count). The molecule has 2 aromatic rings. The van der Waals surface area contributed by atoms with Crippen LogP contribution in [0.1, 0.15) is 28.8 Å². The quantitative estimate of drug-likeness (QED) is 0.849. The Morgan fingerprint density at radius 1 is 1.07 bits per heavy atom. The van der Waals surface area contributed by atoms with E-state index in [0.29, 0.717) is 11.3 Å². The number of benzene rings is 2. The summed E-state index contributed by atoms with van der Waals surface area (Å²) in [7, 11) is 0. The standard InChI is InChI=1S/C21H21N3O3/c25-19-14-24(21(27)22-19)18-9-4-8-16(13-18)20(26)23-11-5-10-17(23)12-15-6-2-1-3-7-15/h1-4,6-9,13,17H,5,10-12,14H2,(H,22,25,27)/t17-/m0/s1. The molecule has 138 valence electrons. The summed E-state index contributed by atoms with van der Waals surface area (Å²) in [4.78, 5) is 39.7. The molecular weight excluding hydrogens is 342 g/mol. The molecular formula is C21H21N3O3. The Balaban J connectivity index is 1.53. The maximum absolute atomic E-state index is 13.1. The molecule has 1 N–H and O–H groups in total. The molecule has 2 fully saturated rings. The van der Waals surface area contributed by atoms with Gasteiger partial charge in [0.1, 0.15) is 6.54 Å². The zero-order valence-corrected chi connectivity index (χ0v) is 14.9. The minimum atomic E-state index is -0.451. The molecule has 1 atom stereocenters. The van der Waals surface area contributed by atoms with Gasteiger partial charge in [-0.25, -0.2) is 4.79 Å². The van der Waals surface area contributed by atoms with Gasteiger partial charge in [-0.3, -0.25) is 19.8 Å². The van der Waals surface area contributed by atoms with Crippen LogP contribution in [0.3, 0.4) is 0 Å². The fourth-order valence-corrected chi connectivity index (χ4v) is 3.82. The van der Waals surface area contributed by atoms with Gasteiger partial charge in [0.05, 0.1) is 0 Å². The second-order valence-electron chi connectivity index (χ2n) is 6.97. The average Bonchev–Trinajstić information content (AvgIpc) is 3.28. The molecule has 27 heavy (non-hydrogen) atoms. The summed E-state index contributed by atoms with van der Waals surface area (Å²) < 4.78 is 0. The van der Waals surface area contributed by atoms with Crippen LogP contribution < -0.4 is 10.2 Å². The van der Waals surface area contributed by atoms with Crippen LogP contribution in [0.4, 0.5) is 10.5 Å². The van der Waals surface area contributed by atoms with Crippen LogP contribution in [0.25, 0.3) is 0 Å². The van der Waals surface area contributed by atoms with Crippen molar-refractivity contribution in [3.05, 3.63) is 65.7 Å². The van der Waals surface area contributed by atoms with Gasteiger partial charge in [-0.15, -0.1) is 0 Å². The highest BCUT2D eigenvalue weighted by atomic mass is 16.2. The molecule has 2 heterocycles. The normalized spacial score (nSPS) is 19.5. The number of anilines is 1. The molecule has 0 saturated carbocycles. The Kier molecular flexibility index (Phi) is 4.62. The first kappa shape index (κ1) is 17.3. The summed E-state index contributed by atoms with van der Waals surface area (Å²) in [6, 6.07) is 16.9. The zero-order valence-electron chi connectivity index (χ0n) is 14.9. The third kappa shape index (κ3) is 3.56. The lowest BCUT2D eigenvalue weighted by molar-refractivity contribution is -0.117. The smallest absolute Gasteiger partial charge is 0.329 e. The lowest BCUT2D eigenvalue weighted by Gasteiger charge is -2.25. The highest BCUT2D eigenvalue weighted by Gasteiger charge is 2.31. The van der Waals surface area contributed by atoms with Gasteiger partial charge in [0.2, 0.25) is 5.91 Å². The van der Waals surface area contributed by atoms with Gasteiger partial charge in [0.15, 0.2) is 0 Å². The molecule has 0 radical (unpaired) electrons. The highest BCUT2D eigenvalue weighted by molar-refractivity contribution is 6.12. The molecule has 2 aromatic carbocycles. The van der Waals surface area contributed by atoms with E-state index in [0.717, 1.165) is 25.8 Å². The molecule has 2 aliphatic rings. The van der Waals surface area contributed by atoms with Crippen LogP contribution in [-0.2, 0) is 11.2 Å². The third-order valence-corrected chi connectivity index (χ3v) is 5.15. The molecule has 2 saturated heterocycles. The van der Waals surface area contributed by atoms with Crippen molar-refractivity contribution in [1.29, 1.82) is 0 Å². The van der Waals surface area contributed by atoms with Crippen molar-refractivity contribution in [3.8, 4) is 0 Å². The fourth-order valence-electron chi connectivity index (χ4n) is 3.82. The van der Waals surface area contributed by atoms with E-state index >= 15 is 0 Å². The van der Waals surface area contributed by atoms with Crippen molar-refractivity contribution in [1.82, 2.24) is 10.2 Å². The predicted octanol–water partition coefficient (Wildman–Crippen LogP) is 2.59. The number of hydrogen-bond acceptors (Lipinski definition) is 3. The van der Waals surface area contributed by atoms with Crippen LogP contribution in [0.15, 0.2) is 54.6 Å². The number of carbonyl (C=O) groups excluding carboxylic acids is 3. The monoisotopic (exact) mass is 363 g/mol. The van der Waals surface area contributed by atoms with Crippen LogP contribution >= 0.6 is 0 Å². The lowest BCUT2D eigenvalue weighted by Crippen LogP contribution is -2.37. The summed E-state index contributed by atoms with van der Waals surface area (Å²) >= 11 is 0. The van der Waals surface area contributed by atoms with Crippen LogP contribution in [0.5, 0.6) is 0 Å². The lowest BCUT2D eigenvalue weighted by atomic mass is 10.0. The van der Waals surface area contributed by atoms with Gasteiger partial charge in [-0.2, -0.15) is 0 Å². The van der Waals surface area contributed by atoms with E-state index in [1.165, 1.54) is 10.5 Å². The van der Waals surface area contributed by atoms with Gasteiger partial charge >= 0.3 is 6.03 Å². The van der Waals surface area contributed by atoms with Gasteiger partial charge in [-0.05, 0) is 43.0 Å². The minimum Gasteiger partial charge on any atom is -0.335 e. The van der Waals surface area contributed by atoms with Gasteiger partial charge in [0, 0.05) is 23.8 Å². The van der Waals surface area contributed by atoms with E-state index in [2.05, 4.69) is 17.4 Å². The van der Waals surface area contributed by atoms with Gasteiger partial charge < -0.3 is 4.90 Å². The number of likely N-dealkylation sites (tertiary alicyclic amines) is 1. The van der Waals surface area contributed by atoms with E-state index in [1.54, 1.807) is 24.3 Å². The maximum atomic E-state index is 13.1. The van der Waals surface area contributed by atoms with Gasteiger partial charge in [-0.1, -0.05) is 36.4 Å². The number of urea groups is 1. The van der Waals surface area contributed by atoms with Crippen molar-refractivity contribution in [2.75, 3.05) is 18.0 Å². The number of rotatable bonds is 4. The van der Waals surface area contributed by atoms with E-state index in [4.69, 9.17) is 0 Å². The third-order valence-electron chi connectivity index (χ3n) is 5.15. The number of imide groups is 1. The Morgan fingerprint density at radius 2 is 1.89 bits per heavy atom. The van der Waals surface area contributed by atoms with E-state index in [9.17, 15) is 14.4 Å². The summed E-state index contributed by atoms with van der Waals surface area (Å²) in [6.07, 6.45) is 2.82. The van der Waals surface area contributed by atoms with Gasteiger partial charge in [0.25, 0.3) is 5.91 Å². The summed E-state index contributed by atoms with van der Waals surface area (Å²) in [6.45, 7) is 0.722. The number of nitrogens with one attached hydrogen (secondary N) is 1. The topological polar surface area (TPSA) is 69.7 Å². The SMILES string of the molecule is O=C1CN(c2cccc(C(=O)N3CCC[C@H]3Cc3ccccc3)c2)C(=O)N1. The van der Waals surface area contributed by atoms with Crippen LogP contribution in [-0.4, -0.2) is 41.9 Å². The zero-order chi connectivity index (χ0) is 18.8. The summed E-state index contributed by atoms with van der Waals surface area (Å²) in [5.74, 6) is -0.361. The second kappa shape index (κ2) is 7.23. The number of amides is 4. The summed E-state index contributed by atoms with van der Waals surface area (Å²) in [5, 5.41) is 2.26. The fraction of sp³-hybridized carbons (Fsp3) is 0.286. The second-order valence-corrected chi connectivity index (χ2v) is 6.97. The Hall–Kier alpha value is -3.15. The Morgan fingerprint density at radius 3 is 2.63 bits per heavy atom. The van der Waals surface area contributed by atoms with E-state index in [1.807, 2.05) is 23.1 Å². The van der Waals surface area contributed by atoms with Crippen molar-refractivity contribution < 1.29 is 14.4 Å². The molecule has 0 aliphatic carbocycles. The molecule has 6 nitrogen and oxygen atoms in total. The average molecular weight is 363 g/mol. The van der Waals surface area contributed by atoms with E-state index in [-0.39, 0.29) is 24.4 Å². The first-order valence-electron chi connectivity index (χ1n) is 9.18. The predicted molar refractivity (Wildman–Crippen MR) is 102 cm³/mol. The molecule has 6 heteroatoms. The summed E-state index contributed by atoms with van der Waals surface area (Å²) in [5.41, 5.74) is 2.32. The molecule has 4 amide bonds. The molecule has 0 unspecified atom stereocenters. The van der Waals surface area contributed by atoms with Crippen LogP contribution in [0, 0.1) is 0 Å².